The number of likely N-dealkylation sites (N-methyl/N-ethyl adjacent to an activating group) is 1. The molecule has 4 nitrogen and oxygen atoms in total. The minimum atomic E-state index is -0.441. The van der Waals surface area contributed by atoms with Crippen LogP contribution >= 0.6 is 0 Å². The van der Waals surface area contributed by atoms with Gasteiger partial charge in [-0.25, -0.2) is 0 Å². The highest BCUT2D eigenvalue weighted by Crippen LogP contribution is 2.39. The van der Waals surface area contributed by atoms with E-state index in [0.29, 0.717) is 12.0 Å². The van der Waals surface area contributed by atoms with Crippen LogP contribution in [0, 0.1) is 11.8 Å². The lowest BCUT2D eigenvalue weighted by atomic mass is 9.84. The number of nitrogens with one attached hydrogen (secondary N) is 1. The van der Waals surface area contributed by atoms with Crippen LogP contribution in [0.1, 0.15) is 46.0 Å². The minimum Gasteiger partial charge on any atom is -0.468 e. The summed E-state index contributed by atoms with van der Waals surface area (Å²) in [4.78, 5) is 14.8. The Balaban J connectivity index is 1.96. The number of esters is 1. The van der Waals surface area contributed by atoms with Gasteiger partial charge in [0, 0.05) is 12.6 Å². The van der Waals surface area contributed by atoms with E-state index < -0.39 is 5.54 Å². The van der Waals surface area contributed by atoms with Crippen molar-refractivity contribution in [3.8, 4) is 0 Å². The van der Waals surface area contributed by atoms with Gasteiger partial charge < -0.3 is 15.0 Å². The van der Waals surface area contributed by atoms with Crippen LogP contribution in [0.3, 0.4) is 0 Å². The molecule has 2 fully saturated rings. The summed E-state index contributed by atoms with van der Waals surface area (Å²) in [6.07, 6.45) is 5.55. The summed E-state index contributed by atoms with van der Waals surface area (Å²) < 4.78 is 5.05. The van der Waals surface area contributed by atoms with Crippen LogP contribution in [-0.4, -0.2) is 49.7 Å². The van der Waals surface area contributed by atoms with Crippen molar-refractivity contribution in [1.82, 2.24) is 10.2 Å². The second kappa shape index (κ2) is 6.44. The van der Waals surface area contributed by atoms with Gasteiger partial charge in [0.15, 0.2) is 0 Å². The molecule has 2 rings (SSSR count). The van der Waals surface area contributed by atoms with E-state index in [1.54, 1.807) is 0 Å². The molecule has 4 atom stereocenters. The van der Waals surface area contributed by atoms with E-state index >= 15 is 0 Å². The minimum absolute atomic E-state index is 0.0784. The van der Waals surface area contributed by atoms with Gasteiger partial charge in [0.1, 0.15) is 5.54 Å². The standard InChI is InChI=1S/C16H30N2O2/c1-12-10-13(2)18(11-12)9-7-14-6-5-8-16(14,17-3)15(19)20-4/h12-14,17H,5-11H2,1-4H3. The second-order valence-electron chi connectivity index (χ2n) is 6.78. The van der Waals surface area contributed by atoms with Crippen molar-refractivity contribution >= 4 is 5.97 Å². The van der Waals surface area contributed by atoms with Gasteiger partial charge in [-0.1, -0.05) is 13.3 Å². The Morgan fingerprint density at radius 2 is 2.20 bits per heavy atom. The summed E-state index contributed by atoms with van der Waals surface area (Å²) in [7, 11) is 3.40. The molecule has 4 heteroatoms. The summed E-state index contributed by atoms with van der Waals surface area (Å²) in [6, 6.07) is 0.688. The lowest BCUT2D eigenvalue weighted by Gasteiger charge is -2.34. The van der Waals surface area contributed by atoms with Gasteiger partial charge in [0.25, 0.3) is 0 Å². The topological polar surface area (TPSA) is 41.6 Å². The fourth-order valence-corrected chi connectivity index (χ4v) is 4.37. The SMILES string of the molecule is CNC1(C(=O)OC)CCCC1CCN1CC(C)CC1C. The average Bonchev–Trinajstić information content (AvgIpc) is 2.99. The fourth-order valence-electron chi connectivity index (χ4n) is 4.37. The van der Waals surface area contributed by atoms with Crippen LogP contribution in [0.2, 0.25) is 0 Å². The number of carbonyl (C=O) groups excluding carboxylic acids is 1. The third-order valence-corrected chi connectivity index (χ3v) is 5.49. The predicted molar refractivity (Wildman–Crippen MR) is 80.6 cm³/mol. The van der Waals surface area contributed by atoms with Crippen molar-refractivity contribution in [2.45, 2.75) is 57.5 Å². The first kappa shape index (κ1) is 15.8. The molecule has 1 heterocycles. The Labute approximate surface area is 123 Å². The third-order valence-electron chi connectivity index (χ3n) is 5.49. The van der Waals surface area contributed by atoms with Crippen molar-refractivity contribution in [2.75, 3.05) is 27.2 Å². The summed E-state index contributed by atoms with van der Waals surface area (Å²) in [5.74, 6) is 1.14. The predicted octanol–water partition coefficient (Wildman–Crippen LogP) is 2.04. The zero-order valence-corrected chi connectivity index (χ0v) is 13.4. The van der Waals surface area contributed by atoms with Gasteiger partial charge >= 0.3 is 5.97 Å². The molecule has 1 aliphatic carbocycles. The van der Waals surface area contributed by atoms with Crippen molar-refractivity contribution in [1.29, 1.82) is 0 Å². The first-order chi connectivity index (χ1) is 9.53. The van der Waals surface area contributed by atoms with Crippen molar-refractivity contribution < 1.29 is 9.53 Å². The van der Waals surface area contributed by atoms with Gasteiger partial charge in [-0.15, -0.1) is 0 Å². The van der Waals surface area contributed by atoms with Crippen LogP contribution in [0.25, 0.3) is 0 Å². The molecule has 0 bridgehead atoms. The van der Waals surface area contributed by atoms with Crippen LogP contribution < -0.4 is 5.32 Å². The molecule has 0 radical (unpaired) electrons. The monoisotopic (exact) mass is 282 g/mol. The van der Waals surface area contributed by atoms with E-state index in [4.69, 9.17) is 4.74 Å². The lowest BCUT2D eigenvalue weighted by molar-refractivity contribution is -0.150. The van der Waals surface area contributed by atoms with Crippen LogP contribution in [0.15, 0.2) is 0 Å². The van der Waals surface area contributed by atoms with Crippen LogP contribution in [-0.2, 0) is 9.53 Å². The van der Waals surface area contributed by atoms with Crippen LogP contribution in [0.4, 0.5) is 0 Å². The smallest absolute Gasteiger partial charge is 0.326 e. The highest BCUT2D eigenvalue weighted by molar-refractivity contribution is 5.81. The highest BCUT2D eigenvalue weighted by Gasteiger charge is 2.48. The number of methoxy groups -OCH3 is 1. The zero-order valence-electron chi connectivity index (χ0n) is 13.4. The Kier molecular flexibility index (Phi) is 5.08. The average molecular weight is 282 g/mol. The van der Waals surface area contributed by atoms with Gasteiger partial charge in [-0.05, 0) is 58.0 Å². The number of carbonyl (C=O) groups is 1. The summed E-state index contributed by atoms with van der Waals surface area (Å²) >= 11 is 0. The molecule has 0 amide bonds. The Hall–Kier alpha value is -0.610. The van der Waals surface area contributed by atoms with Gasteiger partial charge in [0.2, 0.25) is 0 Å². The molecule has 1 N–H and O–H groups in total. The maximum atomic E-state index is 12.2. The largest absolute Gasteiger partial charge is 0.468 e. The van der Waals surface area contributed by atoms with E-state index in [1.807, 2.05) is 7.05 Å². The second-order valence-corrected chi connectivity index (χ2v) is 6.78. The number of rotatable bonds is 5. The maximum absolute atomic E-state index is 12.2. The Morgan fingerprint density at radius 1 is 1.45 bits per heavy atom. The summed E-state index contributed by atoms with van der Waals surface area (Å²) in [5.41, 5.74) is -0.441. The number of ether oxygens (including phenoxy) is 1. The van der Waals surface area contributed by atoms with Crippen LogP contribution in [0.5, 0.6) is 0 Å². The van der Waals surface area contributed by atoms with Crippen molar-refractivity contribution in [3.63, 3.8) is 0 Å². The molecule has 2 aliphatic rings. The third kappa shape index (κ3) is 2.86. The number of likely N-dealkylation sites (tertiary alicyclic amines) is 1. The molecule has 1 saturated heterocycles. The zero-order chi connectivity index (χ0) is 14.8. The van der Waals surface area contributed by atoms with E-state index in [0.717, 1.165) is 38.1 Å². The molecule has 1 aliphatic heterocycles. The number of hydrogen-bond donors (Lipinski definition) is 1. The molecule has 0 aromatic carbocycles. The normalized spacial score (nSPS) is 38.3. The quantitative estimate of drug-likeness (QED) is 0.784. The number of nitrogens with zero attached hydrogens (tertiary/aromatic N) is 1. The lowest BCUT2D eigenvalue weighted by Crippen LogP contribution is -2.54. The molecule has 20 heavy (non-hydrogen) atoms. The Bertz CT molecular complexity index is 347. The molecule has 0 aromatic heterocycles. The molecular weight excluding hydrogens is 252 g/mol. The molecule has 0 aromatic rings. The summed E-state index contributed by atoms with van der Waals surface area (Å²) in [6.45, 7) is 6.97. The first-order valence-electron chi connectivity index (χ1n) is 8.05. The molecule has 0 spiro atoms. The molecule has 4 unspecified atom stereocenters. The van der Waals surface area contributed by atoms with Gasteiger partial charge in [0.05, 0.1) is 7.11 Å². The summed E-state index contributed by atoms with van der Waals surface area (Å²) in [5, 5.41) is 3.28. The maximum Gasteiger partial charge on any atom is 0.326 e. The molecular formula is C16H30N2O2. The Morgan fingerprint density at radius 3 is 2.75 bits per heavy atom. The van der Waals surface area contributed by atoms with E-state index in [1.165, 1.54) is 20.1 Å². The van der Waals surface area contributed by atoms with Crippen molar-refractivity contribution in [3.05, 3.63) is 0 Å². The molecule has 116 valence electrons. The highest BCUT2D eigenvalue weighted by atomic mass is 16.5. The van der Waals surface area contributed by atoms with E-state index in [9.17, 15) is 4.79 Å². The molecule has 1 saturated carbocycles. The fraction of sp³-hybridized carbons (Fsp3) is 0.938. The van der Waals surface area contributed by atoms with Gasteiger partial charge in [-0.2, -0.15) is 0 Å². The van der Waals surface area contributed by atoms with E-state index in [-0.39, 0.29) is 5.97 Å². The number of hydrogen-bond acceptors (Lipinski definition) is 4. The van der Waals surface area contributed by atoms with Crippen molar-refractivity contribution in [2.24, 2.45) is 11.8 Å². The first-order valence-corrected chi connectivity index (χ1v) is 8.05. The van der Waals surface area contributed by atoms with Gasteiger partial charge in [-0.3, -0.25) is 4.79 Å². The van der Waals surface area contributed by atoms with E-state index in [2.05, 4.69) is 24.1 Å².